The number of aryl methyl sites for hydroxylation is 1. The van der Waals surface area contributed by atoms with Crippen LogP contribution in [0.1, 0.15) is 18.4 Å². The molecule has 0 N–H and O–H groups in total. The van der Waals surface area contributed by atoms with Crippen molar-refractivity contribution in [3.8, 4) is 5.75 Å². The van der Waals surface area contributed by atoms with Crippen LogP contribution in [0, 0.1) is 0 Å². The van der Waals surface area contributed by atoms with E-state index in [9.17, 15) is 0 Å². The van der Waals surface area contributed by atoms with Gasteiger partial charge in [-0.2, -0.15) is 0 Å². The zero-order chi connectivity index (χ0) is 11.1. The van der Waals surface area contributed by atoms with Crippen molar-refractivity contribution in [3.05, 3.63) is 29.8 Å². The van der Waals surface area contributed by atoms with Crippen LogP contribution in [-0.2, 0) is 6.42 Å². The molecule has 0 aromatic heterocycles. The first-order chi connectivity index (χ1) is 7.22. The van der Waals surface area contributed by atoms with Crippen LogP contribution < -0.4 is 4.74 Å². The smallest absolute Gasteiger partial charge is 0.119 e. The van der Waals surface area contributed by atoms with Crippen LogP contribution >= 0.6 is 0 Å². The number of ether oxygens (including phenoxy) is 1. The van der Waals surface area contributed by atoms with Crippen molar-refractivity contribution in [2.75, 3.05) is 27.7 Å². The molecule has 0 radical (unpaired) electrons. The van der Waals surface area contributed by atoms with E-state index in [-0.39, 0.29) is 0 Å². The summed E-state index contributed by atoms with van der Waals surface area (Å²) in [6.45, 7) is 1.17. The highest BCUT2D eigenvalue weighted by Gasteiger charge is 1.96. The normalized spacial score (nSPS) is 10.7. The quantitative estimate of drug-likeness (QED) is 0.665. The minimum Gasteiger partial charge on any atom is -0.497 e. The fourth-order valence-corrected chi connectivity index (χ4v) is 1.59. The highest BCUT2D eigenvalue weighted by molar-refractivity contribution is 5.28. The van der Waals surface area contributed by atoms with Crippen molar-refractivity contribution in [1.29, 1.82) is 0 Å². The number of hydrogen-bond acceptors (Lipinski definition) is 2. The maximum absolute atomic E-state index is 5.19. The molecule has 2 nitrogen and oxygen atoms in total. The number of rotatable bonds is 6. The fourth-order valence-electron chi connectivity index (χ4n) is 1.59. The first-order valence-corrected chi connectivity index (χ1v) is 5.50. The second-order valence-electron chi connectivity index (χ2n) is 4.11. The van der Waals surface area contributed by atoms with Crippen molar-refractivity contribution in [1.82, 2.24) is 4.90 Å². The van der Waals surface area contributed by atoms with E-state index in [4.69, 9.17) is 4.74 Å². The molecule has 0 saturated heterocycles. The highest BCUT2D eigenvalue weighted by Crippen LogP contribution is 2.14. The van der Waals surface area contributed by atoms with Crippen LogP contribution in [0.15, 0.2) is 24.3 Å². The third kappa shape index (κ3) is 4.84. The zero-order valence-electron chi connectivity index (χ0n) is 9.99. The van der Waals surface area contributed by atoms with Gasteiger partial charge in [0.2, 0.25) is 0 Å². The summed E-state index contributed by atoms with van der Waals surface area (Å²) in [5.74, 6) is 0.958. The third-order valence-electron chi connectivity index (χ3n) is 2.45. The molecule has 0 heterocycles. The van der Waals surface area contributed by atoms with Gasteiger partial charge in [0.25, 0.3) is 0 Å². The summed E-state index contributed by atoms with van der Waals surface area (Å²) in [6, 6.07) is 8.33. The molecule has 0 atom stereocenters. The minimum atomic E-state index is 0.958. The van der Waals surface area contributed by atoms with Crippen molar-refractivity contribution in [2.45, 2.75) is 19.3 Å². The molecule has 0 aliphatic rings. The Morgan fingerprint density at radius 2 is 2.00 bits per heavy atom. The van der Waals surface area contributed by atoms with Gasteiger partial charge in [-0.25, -0.2) is 0 Å². The summed E-state index contributed by atoms with van der Waals surface area (Å²) in [5.41, 5.74) is 1.37. The maximum atomic E-state index is 5.19. The van der Waals surface area contributed by atoms with Gasteiger partial charge in [-0.15, -0.1) is 0 Å². The SMILES string of the molecule is COc1cccc(CCCCN(C)C)c1. The van der Waals surface area contributed by atoms with E-state index >= 15 is 0 Å². The molecule has 1 aromatic carbocycles. The van der Waals surface area contributed by atoms with E-state index < -0.39 is 0 Å². The largest absolute Gasteiger partial charge is 0.497 e. The number of unbranched alkanes of at least 4 members (excludes halogenated alkanes) is 1. The number of benzene rings is 1. The van der Waals surface area contributed by atoms with E-state index in [2.05, 4.69) is 37.2 Å². The first-order valence-electron chi connectivity index (χ1n) is 5.50. The molecular weight excluding hydrogens is 186 g/mol. The van der Waals surface area contributed by atoms with Gasteiger partial charge in [-0.1, -0.05) is 12.1 Å². The Hall–Kier alpha value is -1.02. The number of methoxy groups -OCH3 is 1. The van der Waals surface area contributed by atoms with Gasteiger partial charge in [-0.05, 0) is 57.6 Å². The maximum Gasteiger partial charge on any atom is 0.119 e. The molecule has 2 heteroatoms. The second kappa shape index (κ2) is 6.46. The van der Waals surface area contributed by atoms with Crippen LogP contribution in [0.2, 0.25) is 0 Å². The molecule has 1 aromatic rings. The Balaban J connectivity index is 2.30. The van der Waals surface area contributed by atoms with Gasteiger partial charge in [0.1, 0.15) is 5.75 Å². The van der Waals surface area contributed by atoms with Crippen molar-refractivity contribution >= 4 is 0 Å². The van der Waals surface area contributed by atoms with Crippen LogP contribution in [0.25, 0.3) is 0 Å². The lowest BCUT2D eigenvalue weighted by Gasteiger charge is -2.09. The monoisotopic (exact) mass is 207 g/mol. The molecule has 0 saturated carbocycles. The second-order valence-corrected chi connectivity index (χ2v) is 4.11. The van der Waals surface area contributed by atoms with Crippen molar-refractivity contribution < 1.29 is 4.74 Å². The molecule has 0 spiro atoms. The molecular formula is C13H21NO. The molecule has 84 valence electrons. The predicted octanol–water partition coefficient (Wildman–Crippen LogP) is 2.58. The summed E-state index contributed by atoms with van der Waals surface area (Å²) in [6.07, 6.45) is 3.64. The lowest BCUT2D eigenvalue weighted by molar-refractivity contribution is 0.394. The van der Waals surface area contributed by atoms with Crippen LogP contribution in [0.5, 0.6) is 5.75 Å². The fraction of sp³-hybridized carbons (Fsp3) is 0.538. The van der Waals surface area contributed by atoms with E-state index in [1.807, 2.05) is 6.07 Å². The van der Waals surface area contributed by atoms with E-state index in [0.29, 0.717) is 0 Å². The Kier molecular flexibility index (Phi) is 5.19. The molecule has 0 unspecified atom stereocenters. The van der Waals surface area contributed by atoms with Crippen LogP contribution in [0.4, 0.5) is 0 Å². The molecule has 15 heavy (non-hydrogen) atoms. The average molecular weight is 207 g/mol. The number of hydrogen-bond donors (Lipinski definition) is 0. The van der Waals surface area contributed by atoms with Crippen LogP contribution in [-0.4, -0.2) is 32.6 Å². The molecule has 0 bridgehead atoms. The molecule has 0 amide bonds. The van der Waals surface area contributed by atoms with Gasteiger partial charge >= 0.3 is 0 Å². The average Bonchev–Trinajstić information content (AvgIpc) is 2.24. The van der Waals surface area contributed by atoms with E-state index in [1.54, 1.807) is 7.11 Å². The van der Waals surface area contributed by atoms with Gasteiger partial charge in [-0.3, -0.25) is 0 Å². The Morgan fingerprint density at radius 1 is 1.20 bits per heavy atom. The number of nitrogens with zero attached hydrogens (tertiary/aromatic N) is 1. The standard InChI is InChI=1S/C13H21NO/c1-14(2)10-5-4-7-12-8-6-9-13(11-12)15-3/h6,8-9,11H,4-5,7,10H2,1-3H3. The van der Waals surface area contributed by atoms with E-state index in [1.165, 1.54) is 24.9 Å². The van der Waals surface area contributed by atoms with Crippen LogP contribution in [0.3, 0.4) is 0 Å². The Labute approximate surface area is 92.9 Å². The molecule has 1 rings (SSSR count). The van der Waals surface area contributed by atoms with Gasteiger partial charge in [0, 0.05) is 0 Å². The summed E-state index contributed by atoms with van der Waals surface area (Å²) in [4.78, 5) is 2.23. The lowest BCUT2D eigenvalue weighted by atomic mass is 10.1. The first kappa shape index (κ1) is 12.1. The van der Waals surface area contributed by atoms with Gasteiger partial charge in [0.15, 0.2) is 0 Å². The van der Waals surface area contributed by atoms with Crippen molar-refractivity contribution in [3.63, 3.8) is 0 Å². The van der Waals surface area contributed by atoms with Crippen molar-refractivity contribution in [2.24, 2.45) is 0 Å². The molecule has 0 fully saturated rings. The van der Waals surface area contributed by atoms with E-state index in [0.717, 1.165) is 12.2 Å². The lowest BCUT2D eigenvalue weighted by Crippen LogP contribution is -2.12. The minimum absolute atomic E-state index is 0.958. The zero-order valence-corrected chi connectivity index (χ0v) is 9.99. The molecule has 0 aliphatic heterocycles. The summed E-state index contributed by atoms with van der Waals surface area (Å²) >= 11 is 0. The Bertz CT molecular complexity index is 284. The van der Waals surface area contributed by atoms with Gasteiger partial charge in [0.05, 0.1) is 7.11 Å². The third-order valence-corrected chi connectivity index (χ3v) is 2.45. The predicted molar refractivity (Wildman–Crippen MR) is 64.5 cm³/mol. The summed E-state index contributed by atoms with van der Waals surface area (Å²) in [7, 11) is 5.95. The summed E-state index contributed by atoms with van der Waals surface area (Å²) < 4.78 is 5.19. The molecule has 0 aliphatic carbocycles. The Morgan fingerprint density at radius 3 is 2.67 bits per heavy atom. The topological polar surface area (TPSA) is 12.5 Å². The summed E-state index contributed by atoms with van der Waals surface area (Å²) in [5, 5.41) is 0. The highest BCUT2D eigenvalue weighted by atomic mass is 16.5. The van der Waals surface area contributed by atoms with Gasteiger partial charge < -0.3 is 9.64 Å².